The van der Waals surface area contributed by atoms with Gasteiger partial charge in [0.15, 0.2) is 5.69 Å². The van der Waals surface area contributed by atoms with E-state index in [1.54, 1.807) is 13.0 Å². The highest BCUT2D eigenvalue weighted by atomic mass is 32.1. The lowest BCUT2D eigenvalue weighted by Gasteiger charge is -2.17. The molecule has 0 aromatic carbocycles. The molecule has 12 nitrogen and oxygen atoms in total. The van der Waals surface area contributed by atoms with Gasteiger partial charge >= 0.3 is 18.0 Å². The minimum Gasteiger partial charge on any atom is -0.476 e. The van der Waals surface area contributed by atoms with Gasteiger partial charge < -0.3 is 14.5 Å². The average molecular weight is 591 g/mol. The number of rotatable bonds is 9. The number of hydrogen-bond acceptors (Lipinski definition) is 10. The molecule has 5 rings (SSSR count). The van der Waals surface area contributed by atoms with E-state index in [-0.39, 0.29) is 28.2 Å². The van der Waals surface area contributed by atoms with Gasteiger partial charge in [-0.3, -0.25) is 10.2 Å². The number of halogens is 3. The van der Waals surface area contributed by atoms with Crippen LogP contribution in [0.4, 0.5) is 23.8 Å². The van der Waals surface area contributed by atoms with E-state index in [9.17, 15) is 22.8 Å². The van der Waals surface area contributed by atoms with Crippen molar-refractivity contribution in [1.82, 2.24) is 35.4 Å². The molecule has 3 N–H and O–H groups in total. The van der Waals surface area contributed by atoms with Crippen molar-refractivity contribution in [2.45, 2.75) is 25.9 Å². The fourth-order valence-electron chi connectivity index (χ4n) is 4.27. The number of ether oxygens (including phenoxy) is 1. The van der Waals surface area contributed by atoms with Gasteiger partial charge in [0.1, 0.15) is 17.4 Å². The number of aromatic amines is 1. The molecular formula is C25H25F3N8O4S. The molecule has 16 heteroatoms. The Morgan fingerprint density at radius 2 is 1.98 bits per heavy atom. The van der Waals surface area contributed by atoms with Crippen LogP contribution in [0.25, 0.3) is 33.2 Å². The molecule has 0 aliphatic carbocycles. The Kier molecular flexibility index (Phi) is 8.30. The fourth-order valence-corrected chi connectivity index (χ4v) is 5.13. The number of carbonyl (C=O) groups excluding carboxylic acids is 1. The monoisotopic (exact) mass is 590 g/mol. The van der Waals surface area contributed by atoms with Gasteiger partial charge in [-0.1, -0.05) is 0 Å². The van der Waals surface area contributed by atoms with Crippen molar-refractivity contribution in [3.8, 4) is 39.0 Å². The molecule has 1 aliphatic heterocycles. The first kappa shape index (κ1) is 28.2. The van der Waals surface area contributed by atoms with Crippen LogP contribution < -0.4 is 21.1 Å². The normalized spacial score (nSPS) is 13.9. The number of nitrogens with one attached hydrogen (secondary N) is 3. The molecule has 216 valence electrons. The molecule has 1 fully saturated rings. The predicted molar refractivity (Wildman–Crippen MR) is 144 cm³/mol. The van der Waals surface area contributed by atoms with Crippen molar-refractivity contribution in [2.75, 3.05) is 38.1 Å². The summed E-state index contributed by atoms with van der Waals surface area (Å²) in [5, 5.41) is 12.1. The lowest BCUT2D eigenvalue weighted by Crippen LogP contribution is -2.28. The second-order valence-electron chi connectivity index (χ2n) is 9.03. The summed E-state index contributed by atoms with van der Waals surface area (Å²) in [7, 11) is 0. The van der Waals surface area contributed by atoms with Gasteiger partial charge in [-0.2, -0.15) is 13.2 Å². The van der Waals surface area contributed by atoms with Crippen LogP contribution in [0.2, 0.25) is 0 Å². The third-order valence-corrected chi connectivity index (χ3v) is 7.05. The van der Waals surface area contributed by atoms with Crippen LogP contribution in [-0.2, 0) is 6.18 Å². The maximum atomic E-state index is 13.4. The minimum atomic E-state index is -4.65. The number of thiazole rings is 1. The molecular weight excluding hydrogens is 565 g/mol. The fraction of sp³-hybridized carbons (Fsp3) is 0.360. The first-order chi connectivity index (χ1) is 19.7. The van der Waals surface area contributed by atoms with E-state index in [4.69, 9.17) is 9.15 Å². The summed E-state index contributed by atoms with van der Waals surface area (Å²) in [6, 6.07) is 2.49. The number of likely N-dealkylation sites (tertiary alicyclic amines) is 1. The Labute approximate surface area is 235 Å². The Morgan fingerprint density at radius 3 is 2.66 bits per heavy atom. The molecule has 1 saturated heterocycles. The van der Waals surface area contributed by atoms with Crippen molar-refractivity contribution in [3.05, 3.63) is 46.2 Å². The van der Waals surface area contributed by atoms with Gasteiger partial charge in [0.2, 0.25) is 5.88 Å². The Morgan fingerprint density at radius 1 is 1.17 bits per heavy atom. The van der Waals surface area contributed by atoms with Gasteiger partial charge in [-0.15, -0.1) is 16.4 Å². The van der Waals surface area contributed by atoms with Crippen molar-refractivity contribution in [3.63, 3.8) is 0 Å². The van der Waals surface area contributed by atoms with Crippen molar-refractivity contribution in [2.24, 2.45) is 0 Å². The molecule has 1 aliphatic rings. The number of carbonyl (C=O) groups is 1. The molecule has 0 bridgehead atoms. The topological polar surface area (TPSA) is 151 Å². The molecule has 0 atom stereocenters. The molecule has 0 saturated carbocycles. The third kappa shape index (κ3) is 6.71. The van der Waals surface area contributed by atoms with Crippen LogP contribution in [0.1, 0.15) is 25.5 Å². The number of alkyl halides is 3. The SMILES string of the molecule is CCNC(=O)Nc1cc(-c2nc(C(F)(F)F)cs2)c(-c2cc(-c3n[nH]c(=O)o3)cnc2OCCN2CCCC2)cn1. The zero-order chi connectivity index (χ0) is 29.0. The first-order valence-corrected chi connectivity index (χ1v) is 13.6. The van der Waals surface area contributed by atoms with Gasteiger partial charge in [-0.05, 0) is 45.0 Å². The molecule has 0 spiro atoms. The molecule has 4 aromatic rings. The quantitative estimate of drug-likeness (QED) is 0.260. The summed E-state index contributed by atoms with van der Waals surface area (Å²) >= 11 is 0.788. The van der Waals surface area contributed by atoms with E-state index >= 15 is 0 Å². The van der Waals surface area contributed by atoms with Crippen LogP contribution in [-0.4, -0.2) is 68.9 Å². The number of hydrogen-bond donors (Lipinski definition) is 3. The lowest BCUT2D eigenvalue weighted by molar-refractivity contribution is -0.140. The zero-order valence-electron chi connectivity index (χ0n) is 21.7. The maximum Gasteiger partial charge on any atom is 0.434 e. The number of pyridine rings is 2. The van der Waals surface area contributed by atoms with E-state index < -0.39 is 23.7 Å². The van der Waals surface area contributed by atoms with Crippen LogP contribution in [0, 0.1) is 0 Å². The largest absolute Gasteiger partial charge is 0.476 e. The molecule has 2 amide bonds. The number of aromatic nitrogens is 5. The summed E-state index contributed by atoms with van der Waals surface area (Å²) in [4.78, 5) is 38.5. The summed E-state index contributed by atoms with van der Waals surface area (Å²) < 4.78 is 51.4. The highest BCUT2D eigenvalue weighted by Crippen LogP contribution is 2.41. The second kappa shape index (κ2) is 12.1. The van der Waals surface area contributed by atoms with Gasteiger partial charge in [0.25, 0.3) is 5.89 Å². The molecule has 4 aromatic heterocycles. The number of nitrogens with zero attached hydrogens (tertiary/aromatic N) is 5. The minimum absolute atomic E-state index is 0.0356. The maximum absolute atomic E-state index is 13.4. The van der Waals surface area contributed by atoms with Crippen LogP contribution in [0.3, 0.4) is 0 Å². The number of H-pyrrole nitrogens is 1. The van der Waals surface area contributed by atoms with E-state index in [1.165, 1.54) is 18.5 Å². The standard InChI is InChI=1S/C25H25F3N8O4S/c1-2-29-23(37)33-19-10-16(22-32-18(13-41-22)25(26,27)28)17(12-30-19)15-9-14(20-34-35-24(38)40-20)11-31-21(15)39-8-7-36-5-3-4-6-36/h9-13H,2-8H2,1H3,(H,35,38)(H2,29,30,33,37). The van der Waals surface area contributed by atoms with E-state index in [0.29, 0.717) is 36.4 Å². The summed E-state index contributed by atoms with van der Waals surface area (Å²) in [6.45, 7) is 5.02. The highest BCUT2D eigenvalue weighted by Gasteiger charge is 2.34. The number of amides is 2. The Hall–Kier alpha value is -4.31. The lowest BCUT2D eigenvalue weighted by atomic mass is 10.0. The summed E-state index contributed by atoms with van der Waals surface area (Å²) in [6.07, 6.45) is 0.392. The van der Waals surface area contributed by atoms with E-state index in [1.807, 2.05) is 0 Å². The number of anilines is 1. The third-order valence-electron chi connectivity index (χ3n) is 6.18. The molecule has 41 heavy (non-hydrogen) atoms. The van der Waals surface area contributed by atoms with Crippen LogP contribution >= 0.6 is 11.3 Å². The number of urea groups is 1. The first-order valence-electron chi connectivity index (χ1n) is 12.7. The Balaban J connectivity index is 1.60. The van der Waals surface area contributed by atoms with Crippen LogP contribution in [0.5, 0.6) is 5.88 Å². The van der Waals surface area contributed by atoms with Gasteiger partial charge in [-0.25, -0.2) is 29.6 Å². The molecule has 0 unspecified atom stereocenters. The van der Waals surface area contributed by atoms with Crippen molar-refractivity contribution >= 4 is 23.2 Å². The van der Waals surface area contributed by atoms with E-state index in [2.05, 4.69) is 40.7 Å². The highest BCUT2D eigenvalue weighted by molar-refractivity contribution is 7.13. The van der Waals surface area contributed by atoms with Crippen molar-refractivity contribution < 1.29 is 27.1 Å². The zero-order valence-corrected chi connectivity index (χ0v) is 22.6. The van der Waals surface area contributed by atoms with Crippen molar-refractivity contribution in [1.29, 1.82) is 0 Å². The van der Waals surface area contributed by atoms with E-state index in [0.717, 1.165) is 42.6 Å². The van der Waals surface area contributed by atoms with Gasteiger partial charge in [0, 0.05) is 47.6 Å². The predicted octanol–water partition coefficient (Wildman–Crippen LogP) is 4.25. The van der Waals surface area contributed by atoms with Gasteiger partial charge in [0.05, 0.1) is 5.56 Å². The average Bonchev–Trinajstić information content (AvgIpc) is 3.71. The second-order valence-corrected chi connectivity index (χ2v) is 9.89. The Bertz CT molecular complexity index is 1580. The summed E-state index contributed by atoms with van der Waals surface area (Å²) in [5.74, 6) is -0.522. The smallest absolute Gasteiger partial charge is 0.434 e. The molecule has 0 radical (unpaired) electrons. The van der Waals surface area contributed by atoms with Crippen LogP contribution in [0.15, 0.2) is 39.1 Å². The summed E-state index contributed by atoms with van der Waals surface area (Å²) in [5.41, 5.74) is 0.198. The molecule has 5 heterocycles.